The lowest BCUT2D eigenvalue weighted by Crippen LogP contribution is -2.21. The quantitative estimate of drug-likeness (QED) is 0.367. The third kappa shape index (κ3) is 4.94. The lowest BCUT2D eigenvalue weighted by atomic mass is 10.3. The first-order valence-corrected chi connectivity index (χ1v) is 7.31. The van der Waals surface area contributed by atoms with Gasteiger partial charge in [-0.3, -0.25) is 0 Å². The van der Waals surface area contributed by atoms with Crippen molar-refractivity contribution in [3.63, 3.8) is 0 Å². The van der Waals surface area contributed by atoms with Crippen LogP contribution >= 0.6 is 34.8 Å². The summed E-state index contributed by atoms with van der Waals surface area (Å²) >= 11 is 17.7. The molecule has 0 fully saturated rings. The monoisotopic (exact) mass is 359 g/mol. The third-order valence-corrected chi connectivity index (χ3v) is 3.38. The van der Waals surface area contributed by atoms with Crippen LogP contribution in [0.15, 0.2) is 41.7 Å². The first kappa shape index (κ1) is 16.7. The van der Waals surface area contributed by atoms with Gasteiger partial charge in [-0.05, 0) is 24.3 Å². The Hall–Kier alpha value is -1.69. The highest BCUT2D eigenvalue weighted by molar-refractivity contribution is 6.35. The van der Waals surface area contributed by atoms with Crippen molar-refractivity contribution in [2.75, 3.05) is 6.61 Å². The molecule has 22 heavy (non-hydrogen) atoms. The van der Waals surface area contributed by atoms with E-state index >= 15 is 0 Å². The molecule has 0 amide bonds. The van der Waals surface area contributed by atoms with Crippen molar-refractivity contribution in [3.8, 4) is 5.75 Å². The zero-order valence-corrected chi connectivity index (χ0v) is 13.6. The molecule has 0 bridgehead atoms. The normalized spacial score (nSPS) is 11.3. The number of pyridine rings is 1. The Morgan fingerprint density at radius 2 is 2.05 bits per heavy atom. The highest BCUT2D eigenvalue weighted by atomic mass is 35.5. The minimum atomic E-state index is 0.0299. The number of halogens is 3. The van der Waals surface area contributed by atoms with Gasteiger partial charge >= 0.3 is 0 Å². The van der Waals surface area contributed by atoms with E-state index < -0.39 is 0 Å². The Balaban J connectivity index is 1.84. The fraction of sp³-hybridized carbons (Fsp3) is 0.143. The van der Waals surface area contributed by atoms with Crippen molar-refractivity contribution >= 4 is 40.6 Å². The molecule has 0 aliphatic carbocycles. The summed E-state index contributed by atoms with van der Waals surface area (Å²) in [6, 6.07) is 8.42. The van der Waals surface area contributed by atoms with Crippen LogP contribution in [0.1, 0.15) is 5.56 Å². The van der Waals surface area contributed by atoms with Crippen molar-refractivity contribution in [1.29, 1.82) is 0 Å². The van der Waals surface area contributed by atoms with Gasteiger partial charge in [0.2, 0.25) is 0 Å². The Morgan fingerprint density at radius 3 is 2.77 bits per heavy atom. The summed E-state index contributed by atoms with van der Waals surface area (Å²) in [4.78, 5) is 9.03. The molecular formula is C14H12Cl3N3O2. The molecule has 0 aliphatic heterocycles. The number of nitrogens with two attached hydrogens (primary N) is 1. The molecule has 0 atom stereocenters. The topological polar surface area (TPSA) is 69.7 Å². The van der Waals surface area contributed by atoms with Gasteiger partial charge in [0.1, 0.15) is 24.1 Å². The summed E-state index contributed by atoms with van der Waals surface area (Å²) < 4.78 is 5.42. The molecule has 0 spiro atoms. The second-order valence-electron chi connectivity index (χ2n) is 4.17. The number of ether oxygens (including phenoxy) is 1. The van der Waals surface area contributed by atoms with Gasteiger partial charge in [0.05, 0.1) is 5.02 Å². The van der Waals surface area contributed by atoms with E-state index in [0.717, 1.165) is 0 Å². The maximum atomic E-state index is 5.97. The van der Waals surface area contributed by atoms with E-state index in [1.807, 2.05) is 0 Å². The van der Waals surface area contributed by atoms with Crippen LogP contribution in [0.3, 0.4) is 0 Å². The van der Waals surface area contributed by atoms with Crippen molar-refractivity contribution in [2.24, 2.45) is 10.9 Å². The maximum Gasteiger partial charge on any atom is 0.177 e. The SMILES string of the molecule is N/C(COc1ccc(Cl)cc1Cl)=N/OCc1cccnc1Cl. The average Bonchev–Trinajstić information content (AvgIpc) is 2.48. The summed E-state index contributed by atoms with van der Waals surface area (Å²) in [6.07, 6.45) is 1.59. The third-order valence-electron chi connectivity index (χ3n) is 2.51. The van der Waals surface area contributed by atoms with Crippen LogP contribution in [-0.4, -0.2) is 17.4 Å². The molecule has 2 rings (SSSR count). The van der Waals surface area contributed by atoms with Crippen LogP contribution in [0.2, 0.25) is 15.2 Å². The predicted molar refractivity (Wildman–Crippen MR) is 87.6 cm³/mol. The highest BCUT2D eigenvalue weighted by Crippen LogP contribution is 2.27. The van der Waals surface area contributed by atoms with E-state index in [9.17, 15) is 0 Å². The highest BCUT2D eigenvalue weighted by Gasteiger charge is 2.04. The number of nitrogens with zero attached hydrogens (tertiary/aromatic N) is 2. The molecule has 0 aliphatic rings. The number of aromatic nitrogens is 1. The van der Waals surface area contributed by atoms with Gasteiger partial charge in [-0.25, -0.2) is 4.98 Å². The number of oxime groups is 1. The second kappa shape index (κ2) is 8.08. The van der Waals surface area contributed by atoms with E-state index in [-0.39, 0.29) is 19.0 Å². The molecule has 0 radical (unpaired) electrons. The molecule has 2 N–H and O–H groups in total. The summed E-state index contributed by atoms with van der Waals surface area (Å²) in [5.41, 5.74) is 6.40. The Labute approximate surface area is 142 Å². The first-order chi connectivity index (χ1) is 10.6. The molecule has 1 heterocycles. The fourth-order valence-electron chi connectivity index (χ4n) is 1.48. The molecule has 0 saturated heterocycles. The fourth-order valence-corrected chi connectivity index (χ4v) is 2.12. The van der Waals surface area contributed by atoms with Gasteiger partial charge in [0.25, 0.3) is 0 Å². The minimum absolute atomic E-state index is 0.0299. The van der Waals surface area contributed by atoms with E-state index in [1.54, 1.807) is 36.5 Å². The Kier molecular flexibility index (Phi) is 6.12. The van der Waals surface area contributed by atoms with E-state index in [0.29, 0.717) is 26.5 Å². The number of hydrogen-bond donors (Lipinski definition) is 1. The number of hydrogen-bond acceptors (Lipinski definition) is 4. The Morgan fingerprint density at radius 1 is 1.23 bits per heavy atom. The van der Waals surface area contributed by atoms with Crippen molar-refractivity contribution in [2.45, 2.75) is 6.61 Å². The molecule has 5 nitrogen and oxygen atoms in total. The van der Waals surface area contributed by atoms with Crippen molar-refractivity contribution in [1.82, 2.24) is 4.98 Å². The zero-order valence-electron chi connectivity index (χ0n) is 11.3. The van der Waals surface area contributed by atoms with E-state index in [4.69, 9.17) is 50.1 Å². The average molecular weight is 361 g/mol. The van der Waals surface area contributed by atoms with Gasteiger partial charge in [-0.1, -0.05) is 46.0 Å². The van der Waals surface area contributed by atoms with Gasteiger partial charge in [-0.2, -0.15) is 0 Å². The van der Waals surface area contributed by atoms with Crippen LogP contribution in [0.5, 0.6) is 5.75 Å². The van der Waals surface area contributed by atoms with Crippen LogP contribution < -0.4 is 10.5 Å². The standard InChI is InChI=1S/C14H12Cl3N3O2/c15-10-3-4-12(11(16)6-10)21-8-13(18)20-22-7-9-2-1-5-19-14(9)17/h1-6H,7-8H2,(H2,18,20). The molecule has 116 valence electrons. The summed E-state index contributed by atoms with van der Waals surface area (Å²) in [6.45, 7) is 0.192. The van der Waals surface area contributed by atoms with Crippen LogP contribution in [0, 0.1) is 0 Å². The van der Waals surface area contributed by atoms with Crippen LogP contribution in [0.4, 0.5) is 0 Å². The van der Waals surface area contributed by atoms with E-state index in [1.165, 1.54) is 0 Å². The molecule has 0 saturated carbocycles. The lowest BCUT2D eigenvalue weighted by Gasteiger charge is -2.08. The molecule has 1 aromatic heterocycles. The van der Waals surface area contributed by atoms with E-state index in [2.05, 4.69) is 10.1 Å². The molecule has 2 aromatic rings. The largest absolute Gasteiger partial charge is 0.484 e. The minimum Gasteiger partial charge on any atom is -0.484 e. The van der Waals surface area contributed by atoms with Gasteiger partial charge in [0.15, 0.2) is 5.84 Å². The smallest absolute Gasteiger partial charge is 0.177 e. The van der Waals surface area contributed by atoms with Crippen molar-refractivity contribution in [3.05, 3.63) is 57.3 Å². The number of benzene rings is 1. The summed E-state index contributed by atoms with van der Waals surface area (Å²) in [7, 11) is 0. The molecule has 1 aromatic carbocycles. The Bertz CT molecular complexity index is 680. The van der Waals surface area contributed by atoms with Crippen LogP contribution in [-0.2, 0) is 11.4 Å². The zero-order chi connectivity index (χ0) is 15.9. The second-order valence-corrected chi connectivity index (χ2v) is 5.37. The number of amidine groups is 1. The van der Waals surface area contributed by atoms with Gasteiger partial charge in [0, 0.05) is 16.8 Å². The molecule has 0 unspecified atom stereocenters. The first-order valence-electron chi connectivity index (χ1n) is 6.18. The van der Waals surface area contributed by atoms with Crippen molar-refractivity contribution < 1.29 is 9.57 Å². The van der Waals surface area contributed by atoms with Gasteiger partial charge in [-0.15, -0.1) is 0 Å². The molecular weight excluding hydrogens is 349 g/mol. The summed E-state index contributed by atoms with van der Waals surface area (Å²) in [5.74, 6) is 0.616. The number of rotatable bonds is 6. The summed E-state index contributed by atoms with van der Waals surface area (Å²) in [5, 5.41) is 5.01. The maximum absolute atomic E-state index is 5.97. The van der Waals surface area contributed by atoms with Gasteiger partial charge < -0.3 is 15.3 Å². The van der Waals surface area contributed by atoms with Crippen LogP contribution in [0.25, 0.3) is 0 Å². The lowest BCUT2D eigenvalue weighted by molar-refractivity contribution is 0.128. The predicted octanol–water partition coefficient (Wildman–Crippen LogP) is 3.91. The molecule has 8 heteroatoms.